The molecule has 0 saturated heterocycles. The molecule has 1 aliphatic rings. The van der Waals surface area contributed by atoms with Gasteiger partial charge in [0.25, 0.3) is 0 Å². The first kappa shape index (κ1) is 7.11. The molecule has 0 amide bonds. The highest BCUT2D eigenvalue weighted by Crippen LogP contribution is 2.27. The molecule has 0 N–H and O–H groups in total. The van der Waals surface area contributed by atoms with Crippen LogP contribution in [0.5, 0.6) is 5.75 Å². The lowest BCUT2D eigenvalue weighted by molar-refractivity contribution is 0.301. The first-order valence-corrected chi connectivity index (χ1v) is 3.91. The number of nitrogens with zero attached hydrogens (tertiary/aromatic N) is 2. The van der Waals surface area contributed by atoms with E-state index in [1.165, 1.54) is 0 Å². The Morgan fingerprint density at radius 2 is 2.42 bits per heavy atom. The number of hydrogen-bond donors (Lipinski definition) is 0. The molecule has 1 heterocycles. The summed E-state index contributed by atoms with van der Waals surface area (Å²) in [4.78, 5) is 3.90. The van der Waals surface area contributed by atoms with Crippen LogP contribution in [0.25, 0.3) is 0 Å². The molecule has 0 atom stereocenters. The summed E-state index contributed by atoms with van der Waals surface area (Å²) >= 11 is 0. The molecule has 0 aromatic carbocycles. The van der Waals surface area contributed by atoms with Gasteiger partial charge in [-0.25, -0.2) is 0 Å². The molecule has 60 valence electrons. The fourth-order valence-corrected chi connectivity index (χ4v) is 0.932. The minimum absolute atomic E-state index is 0.321. The zero-order chi connectivity index (χ0) is 8.39. The SMILES string of the molecule is N#Cc1ccncc1OC1CC1. The number of ether oxygens (including phenoxy) is 1. The Labute approximate surface area is 70.6 Å². The van der Waals surface area contributed by atoms with Gasteiger partial charge in [0.2, 0.25) is 0 Å². The highest BCUT2D eigenvalue weighted by Gasteiger charge is 2.24. The molecule has 3 nitrogen and oxygen atoms in total. The van der Waals surface area contributed by atoms with Gasteiger partial charge >= 0.3 is 0 Å². The number of aromatic nitrogens is 1. The van der Waals surface area contributed by atoms with Gasteiger partial charge in [-0.05, 0) is 18.9 Å². The lowest BCUT2D eigenvalue weighted by Gasteiger charge is -2.03. The van der Waals surface area contributed by atoms with Crippen molar-refractivity contribution in [3.8, 4) is 11.8 Å². The topological polar surface area (TPSA) is 45.9 Å². The second-order valence-corrected chi connectivity index (χ2v) is 2.80. The summed E-state index contributed by atoms with van der Waals surface area (Å²) in [5.74, 6) is 0.613. The van der Waals surface area contributed by atoms with Crippen LogP contribution in [-0.4, -0.2) is 11.1 Å². The molecule has 1 aromatic rings. The van der Waals surface area contributed by atoms with Crippen molar-refractivity contribution in [1.29, 1.82) is 5.26 Å². The molecule has 1 aliphatic carbocycles. The zero-order valence-electron chi connectivity index (χ0n) is 6.53. The molecule has 3 heteroatoms. The van der Waals surface area contributed by atoms with E-state index in [9.17, 15) is 0 Å². The summed E-state index contributed by atoms with van der Waals surface area (Å²) in [6.45, 7) is 0. The van der Waals surface area contributed by atoms with E-state index in [4.69, 9.17) is 10.00 Å². The lowest BCUT2D eigenvalue weighted by Crippen LogP contribution is -1.98. The van der Waals surface area contributed by atoms with Gasteiger partial charge in [0, 0.05) is 6.20 Å². The fraction of sp³-hybridized carbons (Fsp3) is 0.333. The molecule has 1 aromatic heterocycles. The van der Waals surface area contributed by atoms with Crippen LogP contribution in [0.4, 0.5) is 0 Å². The molecule has 0 radical (unpaired) electrons. The molecule has 0 aliphatic heterocycles. The second kappa shape index (κ2) is 2.82. The molecular weight excluding hydrogens is 152 g/mol. The van der Waals surface area contributed by atoms with Gasteiger partial charge in [-0.1, -0.05) is 0 Å². The number of pyridine rings is 1. The quantitative estimate of drug-likeness (QED) is 0.658. The van der Waals surface area contributed by atoms with Crippen molar-refractivity contribution < 1.29 is 4.74 Å². The Balaban J connectivity index is 2.22. The zero-order valence-corrected chi connectivity index (χ0v) is 6.53. The Hall–Kier alpha value is -1.56. The standard InChI is InChI=1S/C9H8N2O/c10-5-7-3-4-11-6-9(7)12-8-1-2-8/h3-4,6,8H,1-2H2. The smallest absolute Gasteiger partial charge is 0.155 e. The van der Waals surface area contributed by atoms with Crippen LogP contribution in [0, 0.1) is 11.3 Å². The van der Waals surface area contributed by atoms with E-state index >= 15 is 0 Å². The molecule has 1 saturated carbocycles. The summed E-state index contributed by atoms with van der Waals surface area (Å²) < 4.78 is 5.46. The van der Waals surface area contributed by atoms with Crippen LogP contribution in [0.1, 0.15) is 18.4 Å². The lowest BCUT2D eigenvalue weighted by atomic mass is 10.3. The summed E-state index contributed by atoms with van der Waals surface area (Å²) in [6, 6.07) is 3.73. The second-order valence-electron chi connectivity index (χ2n) is 2.80. The summed E-state index contributed by atoms with van der Waals surface area (Å²) in [6.07, 6.45) is 5.70. The van der Waals surface area contributed by atoms with Crippen LogP contribution in [0.2, 0.25) is 0 Å². The maximum Gasteiger partial charge on any atom is 0.155 e. The van der Waals surface area contributed by atoms with E-state index in [-0.39, 0.29) is 0 Å². The van der Waals surface area contributed by atoms with Crippen LogP contribution in [-0.2, 0) is 0 Å². The van der Waals surface area contributed by atoms with Gasteiger partial charge in [0.05, 0.1) is 17.9 Å². The van der Waals surface area contributed by atoms with E-state index in [2.05, 4.69) is 11.1 Å². The van der Waals surface area contributed by atoms with Gasteiger partial charge < -0.3 is 4.74 Å². The highest BCUT2D eigenvalue weighted by atomic mass is 16.5. The Morgan fingerprint density at radius 3 is 3.08 bits per heavy atom. The molecule has 12 heavy (non-hydrogen) atoms. The summed E-state index contributed by atoms with van der Waals surface area (Å²) in [7, 11) is 0. The third kappa shape index (κ3) is 1.37. The predicted molar refractivity (Wildman–Crippen MR) is 42.6 cm³/mol. The van der Waals surface area contributed by atoms with E-state index in [0.29, 0.717) is 17.4 Å². The first-order valence-electron chi connectivity index (χ1n) is 3.91. The number of hydrogen-bond acceptors (Lipinski definition) is 3. The maximum atomic E-state index is 8.69. The van der Waals surface area contributed by atoms with Crippen molar-refractivity contribution in [2.24, 2.45) is 0 Å². The number of nitriles is 1. The van der Waals surface area contributed by atoms with Crippen molar-refractivity contribution >= 4 is 0 Å². The van der Waals surface area contributed by atoms with Crippen LogP contribution in [0.15, 0.2) is 18.5 Å². The van der Waals surface area contributed by atoms with Gasteiger partial charge in [-0.15, -0.1) is 0 Å². The van der Waals surface area contributed by atoms with Crippen molar-refractivity contribution in [1.82, 2.24) is 4.98 Å². The van der Waals surface area contributed by atoms with Gasteiger partial charge in [-0.3, -0.25) is 4.98 Å². The minimum Gasteiger partial charge on any atom is -0.487 e. The van der Waals surface area contributed by atoms with Crippen LogP contribution in [0.3, 0.4) is 0 Å². The van der Waals surface area contributed by atoms with Crippen molar-refractivity contribution in [3.05, 3.63) is 24.0 Å². The number of rotatable bonds is 2. The summed E-state index contributed by atoms with van der Waals surface area (Å²) in [5, 5.41) is 8.69. The third-order valence-electron chi connectivity index (χ3n) is 1.72. The molecule has 0 bridgehead atoms. The fourth-order valence-electron chi connectivity index (χ4n) is 0.932. The van der Waals surface area contributed by atoms with Crippen molar-refractivity contribution in [2.75, 3.05) is 0 Å². The Kier molecular flexibility index (Phi) is 1.67. The Bertz CT molecular complexity index is 326. The largest absolute Gasteiger partial charge is 0.487 e. The van der Waals surface area contributed by atoms with Crippen molar-refractivity contribution in [2.45, 2.75) is 18.9 Å². The summed E-state index contributed by atoms with van der Waals surface area (Å²) in [5.41, 5.74) is 0.567. The molecule has 1 fully saturated rings. The highest BCUT2D eigenvalue weighted by molar-refractivity contribution is 5.40. The minimum atomic E-state index is 0.321. The van der Waals surface area contributed by atoms with Gasteiger partial charge in [-0.2, -0.15) is 5.26 Å². The van der Waals surface area contributed by atoms with E-state index in [1.807, 2.05) is 0 Å². The monoisotopic (exact) mass is 160 g/mol. The van der Waals surface area contributed by atoms with Gasteiger partial charge in [0.1, 0.15) is 6.07 Å². The van der Waals surface area contributed by atoms with E-state index < -0.39 is 0 Å². The van der Waals surface area contributed by atoms with Crippen molar-refractivity contribution in [3.63, 3.8) is 0 Å². The third-order valence-corrected chi connectivity index (χ3v) is 1.72. The van der Waals surface area contributed by atoms with Crippen LogP contribution >= 0.6 is 0 Å². The maximum absolute atomic E-state index is 8.69. The average molecular weight is 160 g/mol. The molecular formula is C9H8N2O. The molecule has 0 spiro atoms. The predicted octanol–water partition coefficient (Wildman–Crippen LogP) is 1.49. The Morgan fingerprint density at radius 1 is 1.58 bits per heavy atom. The van der Waals surface area contributed by atoms with Gasteiger partial charge in [0.15, 0.2) is 5.75 Å². The van der Waals surface area contributed by atoms with E-state index in [1.54, 1.807) is 18.5 Å². The van der Waals surface area contributed by atoms with Crippen LogP contribution < -0.4 is 4.74 Å². The molecule has 2 rings (SSSR count). The first-order chi connectivity index (χ1) is 5.90. The molecule has 0 unspecified atom stereocenters. The van der Waals surface area contributed by atoms with E-state index in [0.717, 1.165) is 12.8 Å². The average Bonchev–Trinajstić information content (AvgIpc) is 2.89. The normalized spacial score (nSPS) is 15.2.